The van der Waals surface area contributed by atoms with Gasteiger partial charge in [-0.25, -0.2) is 4.98 Å². The number of nitrogens with zero attached hydrogens (tertiary/aromatic N) is 3. The summed E-state index contributed by atoms with van der Waals surface area (Å²) in [7, 11) is 3.55. The summed E-state index contributed by atoms with van der Waals surface area (Å²) in [4.78, 5) is 4.50. The predicted octanol–water partition coefficient (Wildman–Crippen LogP) is 2.75. The Morgan fingerprint density at radius 3 is 2.78 bits per heavy atom. The highest BCUT2D eigenvalue weighted by molar-refractivity contribution is 5.56. The highest BCUT2D eigenvalue weighted by Gasteiger charge is 2.10. The fraction of sp³-hybridized carbons (Fsp3) is 0.429. The first kappa shape index (κ1) is 12.8. The Labute approximate surface area is 108 Å². The van der Waals surface area contributed by atoms with Crippen molar-refractivity contribution >= 4 is 0 Å². The van der Waals surface area contributed by atoms with Crippen LogP contribution in [0.3, 0.4) is 0 Å². The van der Waals surface area contributed by atoms with Gasteiger partial charge in [0.05, 0.1) is 0 Å². The van der Waals surface area contributed by atoms with Gasteiger partial charge in [-0.05, 0) is 17.5 Å². The van der Waals surface area contributed by atoms with Crippen LogP contribution in [-0.2, 0) is 18.4 Å². The Hall–Kier alpha value is -1.68. The number of aromatic nitrogens is 3. The Kier molecular flexibility index (Phi) is 3.77. The molecule has 1 aromatic heterocycles. The minimum Gasteiger partial charge on any atom is -0.377 e. The zero-order valence-corrected chi connectivity index (χ0v) is 11.3. The van der Waals surface area contributed by atoms with Gasteiger partial charge in [-0.3, -0.25) is 4.68 Å². The van der Waals surface area contributed by atoms with Gasteiger partial charge < -0.3 is 4.74 Å². The van der Waals surface area contributed by atoms with E-state index in [4.69, 9.17) is 4.74 Å². The molecule has 0 aliphatic heterocycles. The van der Waals surface area contributed by atoms with Crippen LogP contribution in [0, 0.1) is 0 Å². The number of hydrogen-bond acceptors (Lipinski definition) is 3. The first-order valence-electron chi connectivity index (χ1n) is 6.11. The topological polar surface area (TPSA) is 39.9 Å². The molecule has 0 saturated heterocycles. The molecule has 0 unspecified atom stereocenters. The molecule has 0 saturated carbocycles. The first-order valence-corrected chi connectivity index (χ1v) is 6.11. The molecule has 0 aliphatic carbocycles. The van der Waals surface area contributed by atoms with Crippen molar-refractivity contribution in [1.82, 2.24) is 14.8 Å². The van der Waals surface area contributed by atoms with Crippen LogP contribution in [0.5, 0.6) is 0 Å². The standard InChI is InChI=1S/C14H19N3O/c1-10(2)11-6-5-7-12(8-11)14-15-13(9-18-4)17(3)16-14/h5-8,10H,9H2,1-4H3. The molecule has 1 aromatic carbocycles. The molecular weight excluding hydrogens is 226 g/mol. The second-order valence-corrected chi connectivity index (χ2v) is 4.69. The van der Waals surface area contributed by atoms with Crippen molar-refractivity contribution in [1.29, 1.82) is 0 Å². The SMILES string of the molecule is COCc1nc(-c2cccc(C(C)C)c2)nn1C. The van der Waals surface area contributed by atoms with Crippen LogP contribution in [0.1, 0.15) is 31.2 Å². The summed E-state index contributed by atoms with van der Waals surface area (Å²) in [6.07, 6.45) is 0. The zero-order chi connectivity index (χ0) is 13.1. The molecule has 18 heavy (non-hydrogen) atoms. The van der Waals surface area contributed by atoms with E-state index in [9.17, 15) is 0 Å². The van der Waals surface area contributed by atoms with E-state index in [0.29, 0.717) is 12.5 Å². The largest absolute Gasteiger partial charge is 0.377 e. The molecule has 0 fully saturated rings. The third-order valence-corrected chi connectivity index (χ3v) is 2.94. The van der Waals surface area contributed by atoms with Crippen LogP contribution in [0.25, 0.3) is 11.4 Å². The van der Waals surface area contributed by atoms with Crippen molar-refractivity contribution in [2.45, 2.75) is 26.4 Å². The average molecular weight is 245 g/mol. The minimum absolute atomic E-state index is 0.480. The molecule has 2 rings (SSSR count). The Morgan fingerprint density at radius 1 is 1.33 bits per heavy atom. The maximum atomic E-state index is 5.10. The van der Waals surface area contributed by atoms with Crippen LogP contribution in [0.2, 0.25) is 0 Å². The fourth-order valence-corrected chi connectivity index (χ4v) is 1.83. The Bertz CT molecular complexity index is 532. The average Bonchev–Trinajstić information content (AvgIpc) is 2.72. The van der Waals surface area contributed by atoms with Crippen molar-refractivity contribution < 1.29 is 4.74 Å². The van der Waals surface area contributed by atoms with Gasteiger partial charge in [0.1, 0.15) is 6.61 Å². The summed E-state index contributed by atoms with van der Waals surface area (Å²) >= 11 is 0. The van der Waals surface area contributed by atoms with Crippen molar-refractivity contribution in [2.75, 3.05) is 7.11 Å². The molecule has 0 radical (unpaired) electrons. The predicted molar refractivity (Wildman–Crippen MR) is 71.2 cm³/mol. The van der Waals surface area contributed by atoms with Gasteiger partial charge in [0.2, 0.25) is 0 Å². The summed E-state index contributed by atoms with van der Waals surface area (Å²) in [6.45, 7) is 4.84. The quantitative estimate of drug-likeness (QED) is 0.831. The van der Waals surface area contributed by atoms with E-state index >= 15 is 0 Å². The second-order valence-electron chi connectivity index (χ2n) is 4.69. The Balaban J connectivity index is 2.36. The summed E-state index contributed by atoms with van der Waals surface area (Å²) in [5.41, 5.74) is 2.35. The highest BCUT2D eigenvalue weighted by Crippen LogP contribution is 2.21. The molecule has 96 valence electrons. The summed E-state index contributed by atoms with van der Waals surface area (Å²) in [6, 6.07) is 8.37. The van der Waals surface area contributed by atoms with Crippen molar-refractivity contribution in [2.24, 2.45) is 7.05 Å². The van der Waals surface area contributed by atoms with Gasteiger partial charge in [0, 0.05) is 19.7 Å². The number of aryl methyl sites for hydroxylation is 1. The lowest BCUT2D eigenvalue weighted by molar-refractivity contribution is 0.174. The van der Waals surface area contributed by atoms with Gasteiger partial charge in [-0.2, -0.15) is 5.10 Å². The molecule has 1 heterocycles. The van der Waals surface area contributed by atoms with Crippen LogP contribution < -0.4 is 0 Å². The summed E-state index contributed by atoms with van der Waals surface area (Å²) in [5.74, 6) is 2.10. The van der Waals surface area contributed by atoms with E-state index in [1.807, 2.05) is 13.1 Å². The maximum absolute atomic E-state index is 5.10. The number of methoxy groups -OCH3 is 1. The fourth-order valence-electron chi connectivity index (χ4n) is 1.83. The Morgan fingerprint density at radius 2 is 2.11 bits per heavy atom. The third kappa shape index (κ3) is 2.59. The van der Waals surface area contributed by atoms with Crippen LogP contribution in [0.4, 0.5) is 0 Å². The van der Waals surface area contributed by atoms with Gasteiger partial charge in [0.25, 0.3) is 0 Å². The molecule has 0 N–H and O–H groups in total. The second kappa shape index (κ2) is 5.31. The van der Waals surface area contributed by atoms with E-state index in [-0.39, 0.29) is 0 Å². The van der Waals surface area contributed by atoms with Gasteiger partial charge in [-0.1, -0.05) is 32.0 Å². The molecule has 4 heteroatoms. The van der Waals surface area contributed by atoms with E-state index in [1.165, 1.54) is 5.56 Å². The van der Waals surface area contributed by atoms with Crippen molar-refractivity contribution in [3.63, 3.8) is 0 Å². The van der Waals surface area contributed by atoms with Crippen molar-refractivity contribution in [3.05, 3.63) is 35.7 Å². The molecule has 0 atom stereocenters. The van der Waals surface area contributed by atoms with E-state index in [2.05, 4.69) is 42.1 Å². The van der Waals surface area contributed by atoms with Crippen LogP contribution in [0.15, 0.2) is 24.3 Å². The van der Waals surface area contributed by atoms with Crippen molar-refractivity contribution in [3.8, 4) is 11.4 Å². The lowest BCUT2D eigenvalue weighted by atomic mass is 10.0. The van der Waals surface area contributed by atoms with Gasteiger partial charge in [-0.15, -0.1) is 0 Å². The van der Waals surface area contributed by atoms with E-state index in [1.54, 1.807) is 11.8 Å². The number of hydrogen-bond donors (Lipinski definition) is 0. The molecule has 2 aromatic rings. The monoisotopic (exact) mass is 245 g/mol. The molecule has 0 amide bonds. The first-order chi connectivity index (χ1) is 8.61. The molecule has 0 bridgehead atoms. The lowest BCUT2D eigenvalue weighted by Crippen LogP contribution is -2.00. The highest BCUT2D eigenvalue weighted by atomic mass is 16.5. The zero-order valence-electron chi connectivity index (χ0n) is 11.3. The van der Waals surface area contributed by atoms with Gasteiger partial charge >= 0.3 is 0 Å². The number of rotatable bonds is 4. The number of benzene rings is 1. The van der Waals surface area contributed by atoms with E-state index < -0.39 is 0 Å². The lowest BCUT2D eigenvalue weighted by Gasteiger charge is -2.05. The minimum atomic E-state index is 0.480. The molecule has 0 spiro atoms. The van der Waals surface area contributed by atoms with Crippen LogP contribution >= 0.6 is 0 Å². The molecular formula is C14H19N3O. The maximum Gasteiger partial charge on any atom is 0.181 e. The normalized spacial score (nSPS) is 11.2. The smallest absolute Gasteiger partial charge is 0.181 e. The summed E-state index contributed by atoms with van der Waals surface area (Å²) in [5, 5.41) is 4.43. The molecule has 0 aliphatic rings. The molecule has 4 nitrogen and oxygen atoms in total. The number of ether oxygens (including phenoxy) is 1. The van der Waals surface area contributed by atoms with Gasteiger partial charge in [0.15, 0.2) is 11.6 Å². The summed E-state index contributed by atoms with van der Waals surface area (Å²) < 4.78 is 6.86. The van der Waals surface area contributed by atoms with E-state index in [0.717, 1.165) is 17.2 Å². The third-order valence-electron chi connectivity index (χ3n) is 2.94. The van der Waals surface area contributed by atoms with Crippen LogP contribution in [-0.4, -0.2) is 21.9 Å².